The fourth-order valence-corrected chi connectivity index (χ4v) is 6.83. The molecule has 230 valence electrons. The van der Waals surface area contributed by atoms with E-state index in [1.165, 1.54) is 23.1 Å². The van der Waals surface area contributed by atoms with Crippen LogP contribution in [0.2, 0.25) is 0 Å². The Balaban J connectivity index is 1.17. The van der Waals surface area contributed by atoms with Crippen LogP contribution in [-0.2, 0) is 15.7 Å². The number of piperidine rings is 1. The number of halogens is 5. The van der Waals surface area contributed by atoms with Gasteiger partial charge in [-0.2, -0.15) is 13.2 Å². The van der Waals surface area contributed by atoms with Crippen molar-refractivity contribution in [2.75, 3.05) is 52.9 Å². The van der Waals surface area contributed by atoms with Gasteiger partial charge < -0.3 is 19.3 Å². The summed E-state index contributed by atoms with van der Waals surface area (Å²) in [6, 6.07) is 9.97. The van der Waals surface area contributed by atoms with E-state index in [1.807, 2.05) is 13.8 Å². The Morgan fingerprint density at radius 1 is 1.12 bits per heavy atom. The molecular formula is C31H38BrF4N3O3. The molecule has 1 atom stereocenters. The van der Waals surface area contributed by atoms with Crippen molar-refractivity contribution in [3.8, 4) is 0 Å². The van der Waals surface area contributed by atoms with Crippen LogP contribution in [0, 0.1) is 5.82 Å². The molecule has 42 heavy (non-hydrogen) atoms. The largest absolute Gasteiger partial charge is 0.416 e. The number of amides is 1. The number of nitrogens with zero attached hydrogens (tertiary/aromatic N) is 3. The van der Waals surface area contributed by atoms with Gasteiger partial charge >= 0.3 is 6.18 Å². The molecule has 3 aliphatic heterocycles. The molecule has 2 aromatic carbocycles. The smallest absolute Gasteiger partial charge is 0.347 e. The number of carbonyl (C=O) groups excluding carboxylic acids is 1. The SMILES string of the molecule is CN(C[C@@H](CCN1CC(N2CCC3(CC2)COC(C)(C)O3)C1)c1ccc(F)cc1)C(=O)c1cc(Br)cc(C(F)(F)F)c1. The predicted molar refractivity (Wildman–Crippen MR) is 155 cm³/mol. The molecule has 0 aliphatic carbocycles. The Bertz CT molecular complexity index is 1260. The third-order valence-electron chi connectivity index (χ3n) is 8.76. The van der Waals surface area contributed by atoms with E-state index in [0.717, 1.165) is 69.7 Å². The van der Waals surface area contributed by atoms with Gasteiger partial charge in [0, 0.05) is 61.8 Å². The molecule has 0 bridgehead atoms. The molecule has 0 N–H and O–H groups in total. The quantitative estimate of drug-likeness (QED) is 0.319. The number of benzene rings is 2. The summed E-state index contributed by atoms with van der Waals surface area (Å²) in [6.45, 7) is 9.56. The molecule has 3 saturated heterocycles. The second-order valence-electron chi connectivity index (χ2n) is 12.4. The molecular weight excluding hydrogens is 618 g/mol. The fourth-order valence-electron chi connectivity index (χ4n) is 6.33. The first kappa shape index (κ1) is 31.4. The Morgan fingerprint density at radius 3 is 2.38 bits per heavy atom. The third kappa shape index (κ3) is 7.35. The lowest BCUT2D eigenvalue weighted by Gasteiger charge is -2.49. The van der Waals surface area contributed by atoms with Crippen LogP contribution in [0.3, 0.4) is 0 Å². The zero-order valence-corrected chi connectivity index (χ0v) is 25.8. The Labute approximate surface area is 253 Å². The number of hydrogen-bond acceptors (Lipinski definition) is 5. The van der Waals surface area contributed by atoms with Crippen LogP contribution in [0.25, 0.3) is 0 Å². The number of hydrogen-bond donors (Lipinski definition) is 0. The minimum Gasteiger partial charge on any atom is -0.347 e. The van der Waals surface area contributed by atoms with E-state index in [-0.39, 0.29) is 27.4 Å². The molecule has 11 heteroatoms. The van der Waals surface area contributed by atoms with Gasteiger partial charge in [-0.1, -0.05) is 28.1 Å². The molecule has 5 rings (SSSR count). The van der Waals surface area contributed by atoms with Crippen LogP contribution >= 0.6 is 15.9 Å². The first-order valence-corrected chi connectivity index (χ1v) is 15.2. The molecule has 3 aliphatic rings. The Hall–Kier alpha value is -2.05. The Kier molecular flexibility index (Phi) is 9.08. The number of likely N-dealkylation sites (N-methyl/N-ethyl adjacent to an activating group) is 1. The lowest BCUT2D eigenvalue weighted by molar-refractivity contribution is -0.172. The Morgan fingerprint density at radius 2 is 1.79 bits per heavy atom. The molecule has 2 aromatic rings. The standard InChI is InChI=1S/C31H38BrF4N3O3/c1-29(2)41-20-30(42-29)9-12-39(13-10-30)27-18-38(19-27)11-8-22(21-4-6-26(33)7-5-21)17-37(3)28(40)23-14-24(31(34,35)36)16-25(32)15-23/h4-7,14-16,22,27H,8-13,17-20H2,1-3H3/t22-/m1/s1. The van der Waals surface area contributed by atoms with Gasteiger partial charge in [0.15, 0.2) is 5.79 Å². The van der Waals surface area contributed by atoms with E-state index in [9.17, 15) is 22.4 Å². The summed E-state index contributed by atoms with van der Waals surface area (Å²) >= 11 is 3.10. The van der Waals surface area contributed by atoms with Crippen molar-refractivity contribution >= 4 is 21.8 Å². The highest BCUT2D eigenvalue weighted by Crippen LogP contribution is 2.39. The summed E-state index contributed by atoms with van der Waals surface area (Å²) in [7, 11) is 1.59. The van der Waals surface area contributed by atoms with Crippen molar-refractivity contribution in [3.05, 3.63) is 69.4 Å². The lowest BCUT2D eigenvalue weighted by Crippen LogP contribution is -2.62. The van der Waals surface area contributed by atoms with Gasteiger partial charge in [0.25, 0.3) is 5.91 Å². The van der Waals surface area contributed by atoms with Crippen molar-refractivity contribution in [1.82, 2.24) is 14.7 Å². The monoisotopic (exact) mass is 655 g/mol. The van der Waals surface area contributed by atoms with Crippen LogP contribution < -0.4 is 0 Å². The minimum atomic E-state index is -4.56. The average molecular weight is 657 g/mol. The van der Waals surface area contributed by atoms with Gasteiger partial charge in [-0.3, -0.25) is 9.69 Å². The topological polar surface area (TPSA) is 45.2 Å². The van der Waals surface area contributed by atoms with E-state index >= 15 is 0 Å². The fraction of sp³-hybridized carbons (Fsp3) is 0.581. The first-order valence-electron chi connectivity index (χ1n) is 14.4. The minimum absolute atomic E-state index is 0.0379. The number of ether oxygens (including phenoxy) is 2. The van der Waals surface area contributed by atoms with Gasteiger partial charge in [0.1, 0.15) is 5.82 Å². The number of carbonyl (C=O) groups is 1. The van der Waals surface area contributed by atoms with E-state index in [0.29, 0.717) is 19.2 Å². The lowest BCUT2D eigenvalue weighted by atomic mass is 9.90. The number of alkyl halides is 3. The third-order valence-corrected chi connectivity index (χ3v) is 9.21. The summed E-state index contributed by atoms with van der Waals surface area (Å²) in [5, 5.41) is 0. The second kappa shape index (κ2) is 12.1. The van der Waals surface area contributed by atoms with Crippen molar-refractivity contribution in [3.63, 3.8) is 0 Å². The van der Waals surface area contributed by atoms with Gasteiger partial charge in [-0.05, 0) is 75.5 Å². The summed E-state index contributed by atoms with van der Waals surface area (Å²) < 4.78 is 66.0. The van der Waals surface area contributed by atoms with Crippen LogP contribution in [0.4, 0.5) is 17.6 Å². The number of likely N-dealkylation sites (tertiary alicyclic amines) is 2. The molecule has 0 aromatic heterocycles. The first-order chi connectivity index (χ1) is 19.7. The molecule has 3 heterocycles. The highest BCUT2D eigenvalue weighted by Gasteiger charge is 2.48. The van der Waals surface area contributed by atoms with Gasteiger partial charge in [-0.25, -0.2) is 4.39 Å². The van der Waals surface area contributed by atoms with Crippen molar-refractivity contribution in [2.45, 2.75) is 62.6 Å². The zero-order chi connectivity index (χ0) is 30.3. The van der Waals surface area contributed by atoms with Gasteiger partial charge in [0.05, 0.1) is 17.8 Å². The predicted octanol–water partition coefficient (Wildman–Crippen LogP) is 6.15. The number of rotatable bonds is 8. The van der Waals surface area contributed by atoms with Crippen LogP contribution in [0.5, 0.6) is 0 Å². The molecule has 0 radical (unpaired) electrons. The summed E-state index contributed by atoms with van der Waals surface area (Å²) in [4.78, 5) is 19.6. The molecule has 0 unspecified atom stereocenters. The summed E-state index contributed by atoms with van der Waals surface area (Å²) in [5.74, 6) is -1.46. The maximum absolute atomic E-state index is 13.7. The zero-order valence-electron chi connectivity index (χ0n) is 24.2. The highest BCUT2D eigenvalue weighted by atomic mass is 79.9. The van der Waals surface area contributed by atoms with Gasteiger partial charge in [0.2, 0.25) is 0 Å². The summed E-state index contributed by atoms with van der Waals surface area (Å²) in [5.41, 5.74) is -0.197. The highest BCUT2D eigenvalue weighted by molar-refractivity contribution is 9.10. The van der Waals surface area contributed by atoms with Gasteiger partial charge in [-0.15, -0.1) is 0 Å². The maximum atomic E-state index is 13.7. The molecule has 3 fully saturated rings. The molecule has 1 amide bonds. The maximum Gasteiger partial charge on any atom is 0.416 e. The molecule has 0 saturated carbocycles. The van der Waals surface area contributed by atoms with Crippen LogP contribution in [0.15, 0.2) is 46.9 Å². The van der Waals surface area contributed by atoms with Crippen molar-refractivity contribution in [2.24, 2.45) is 0 Å². The van der Waals surface area contributed by atoms with Crippen LogP contribution in [0.1, 0.15) is 60.5 Å². The van der Waals surface area contributed by atoms with E-state index in [4.69, 9.17) is 9.47 Å². The van der Waals surface area contributed by atoms with Crippen molar-refractivity contribution < 1.29 is 31.8 Å². The van der Waals surface area contributed by atoms with E-state index in [2.05, 4.69) is 25.7 Å². The van der Waals surface area contributed by atoms with Crippen molar-refractivity contribution in [1.29, 1.82) is 0 Å². The van der Waals surface area contributed by atoms with E-state index < -0.39 is 23.4 Å². The van der Waals surface area contributed by atoms with Crippen LogP contribution in [-0.4, -0.2) is 91.0 Å². The molecule has 6 nitrogen and oxygen atoms in total. The second-order valence-corrected chi connectivity index (χ2v) is 13.3. The summed E-state index contributed by atoms with van der Waals surface area (Å²) in [6.07, 6.45) is -1.91. The molecule has 1 spiro atoms. The average Bonchev–Trinajstić information content (AvgIpc) is 3.20. The van der Waals surface area contributed by atoms with E-state index in [1.54, 1.807) is 19.2 Å². The normalized spacial score (nSPS) is 21.8.